The molecular formula is C24H29F2N5O3. The third-order valence-corrected chi connectivity index (χ3v) is 6.35. The van der Waals surface area contributed by atoms with Gasteiger partial charge in [-0.1, -0.05) is 25.9 Å². The van der Waals surface area contributed by atoms with Gasteiger partial charge in [-0.2, -0.15) is 0 Å². The molecule has 182 valence electrons. The minimum absolute atomic E-state index is 0.0641. The van der Waals surface area contributed by atoms with Crippen LogP contribution in [0.15, 0.2) is 22.6 Å². The molecule has 0 atom stereocenters. The zero-order chi connectivity index (χ0) is 25.0. The van der Waals surface area contributed by atoms with E-state index in [1.165, 1.54) is 6.92 Å². The smallest absolute Gasteiger partial charge is 0.316 e. The van der Waals surface area contributed by atoms with Crippen molar-refractivity contribution in [3.05, 3.63) is 29.3 Å². The number of pyridine rings is 1. The Morgan fingerprint density at radius 3 is 2.53 bits per heavy atom. The molecule has 0 aliphatic heterocycles. The molecule has 1 saturated carbocycles. The molecule has 0 saturated heterocycles. The monoisotopic (exact) mass is 473 g/mol. The van der Waals surface area contributed by atoms with E-state index >= 15 is 0 Å². The summed E-state index contributed by atoms with van der Waals surface area (Å²) in [6.45, 7) is 9.71. The minimum atomic E-state index is -2.79. The predicted molar refractivity (Wildman–Crippen MR) is 125 cm³/mol. The van der Waals surface area contributed by atoms with Gasteiger partial charge in [0.05, 0.1) is 5.52 Å². The molecule has 1 fully saturated rings. The van der Waals surface area contributed by atoms with Crippen LogP contribution in [0.4, 0.5) is 20.5 Å². The second-order valence-corrected chi connectivity index (χ2v) is 10.1. The predicted octanol–water partition coefficient (Wildman–Crippen LogP) is 4.44. The highest BCUT2D eigenvalue weighted by Gasteiger charge is 2.50. The lowest BCUT2D eigenvalue weighted by Gasteiger charge is -2.42. The zero-order valence-electron chi connectivity index (χ0n) is 20.1. The summed E-state index contributed by atoms with van der Waals surface area (Å²) in [7, 11) is 1.74. The summed E-state index contributed by atoms with van der Waals surface area (Å²) in [6, 6.07) is 5.47. The van der Waals surface area contributed by atoms with Crippen LogP contribution in [0.1, 0.15) is 51.7 Å². The number of anilines is 2. The van der Waals surface area contributed by atoms with E-state index in [0.29, 0.717) is 5.69 Å². The molecule has 8 nitrogen and oxygen atoms in total. The third-order valence-electron chi connectivity index (χ3n) is 6.35. The van der Waals surface area contributed by atoms with Gasteiger partial charge in [0.25, 0.3) is 12.3 Å². The van der Waals surface area contributed by atoms with Gasteiger partial charge in [0.15, 0.2) is 0 Å². The van der Waals surface area contributed by atoms with E-state index in [1.54, 1.807) is 11.9 Å². The van der Waals surface area contributed by atoms with Crippen LogP contribution >= 0.6 is 0 Å². The van der Waals surface area contributed by atoms with Gasteiger partial charge >= 0.3 is 6.01 Å². The van der Waals surface area contributed by atoms with E-state index in [1.807, 2.05) is 25.1 Å². The molecule has 1 aliphatic carbocycles. The summed E-state index contributed by atoms with van der Waals surface area (Å²) in [6.07, 6.45) is -2.98. The van der Waals surface area contributed by atoms with E-state index in [4.69, 9.17) is 9.40 Å². The van der Waals surface area contributed by atoms with Gasteiger partial charge in [0.2, 0.25) is 5.91 Å². The highest BCUT2D eigenvalue weighted by atomic mass is 19.3. The molecule has 2 N–H and O–H groups in total. The first-order chi connectivity index (χ1) is 15.8. The largest absolute Gasteiger partial charge is 0.402 e. The molecule has 0 bridgehead atoms. The third kappa shape index (κ3) is 4.34. The van der Waals surface area contributed by atoms with Gasteiger partial charge in [-0.3, -0.25) is 4.79 Å². The fourth-order valence-electron chi connectivity index (χ4n) is 4.17. The number of hydrogen-bond acceptors (Lipinski definition) is 7. The molecule has 1 amide bonds. The number of rotatable bonds is 5. The van der Waals surface area contributed by atoms with Gasteiger partial charge in [0, 0.05) is 43.9 Å². The molecular weight excluding hydrogens is 444 g/mol. The molecule has 0 unspecified atom stereocenters. The van der Waals surface area contributed by atoms with Crippen LogP contribution in [0.25, 0.3) is 22.5 Å². The number of aliphatic hydroxyl groups is 1. The van der Waals surface area contributed by atoms with Gasteiger partial charge in [0.1, 0.15) is 11.3 Å². The number of hydrogen-bond donors (Lipinski definition) is 2. The lowest BCUT2D eigenvalue weighted by Crippen LogP contribution is -2.55. The van der Waals surface area contributed by atoms with Crippen LogP contribution in [0.2, 0.25) is 0 Å². The molecule has 10 heteroatoms. The Morgan fingerprint density at radius 2 is 1.94 bits per heavy atom. The van der Waals surface area contributed by atoms with Crippen molar-refractivity contribution < 1.29 is 23.1 Å². The maximum Gasteiger partial charge on any atom is 0.316 e. The number of alkyl halides is 2. The van der Waals surface area contributed by atoms with Gasteiger partial charge < -0.3 is 19.7 Å². The summed E-state index contributed by atoms with van der Waals surface area (Å²) in [5.41, 5.74) is 1.73. The topological polar surface area (TPSA) is 104 Å². The number of halogens is 2. The van der Waals surface area contributed by atoms with Crippen LogP contribution in [-0.2, 0) is 10.2 Å². The zero-order valence-corrected chi connectivity index (χ0v) is 20.1. The fraction of sp³-hybridized carbons (Fsp3) is 0.500. The van der Waals surface area contributed by atoms with Crippen molar-refractivity contribution in [3.8, 4) is 11.6 Å². The number of aryl methyl sites for hydroxylation is 1. The van der Waals surface area contributed by atoms with Gasteiger partial charge in [-0.05, 0) is 41.7 Å². The molecule has 2 aromatic heterocycles. The number of carbonyl (C=O) groups excluding carboxylic acids is 1. The van der Waals surface area contributed by atoms with Crippen LogP contribution in [0.5, 0.6) is 0 Å². The summed E-state index contributed by atoms with van der Waals surface area (Å²) in [4.78, 5) is 18.4. The average molecular weight is 474 g/mol. The molecule has 3 aromatic rings. The molecule has 0 spiro atoms. The molecule has 1 aromatic carbocycles. The van der Waals surface area contributed by atoms with Crippen molar-refractivity contribution in [2.75, 3.05) is 17.3 Å². The highest BCUT2D eigenvalue weighted by Crippen LogP contribution is 2.39. The van der Waals surface area contributed by atoms with Crippen molar-refractivity contribution in [3.63, 3.8) is 0 Å². The quantitative estimate of drug-likeness (QED) is 0.564. The summed E-state index contributed by atoms with van der Waals surface area (Å²) < 4.78 is 31.4. The summed E-state index contributed by atoms with van der Waals surface area (Å²) in [5, 5.41) is 21.6. The lowest BCUT2D eigenvalue weighted by atomic mass is 9.76. The Bertz CT molecular complexity index is 1250. The first kappa shape index (κ1) is 24.0. The second-order valence-electron chi connectivity index (χ2n) is 10.1. The Balaban J connectivity index is 1.69. The number of nitrogens with one attached hydrogen (secondary N) is 1. The Labute approximate surface area is 196 Å². The summed E-state index contributed by atoms with van der Waals surface area (Å²) >= 11 is 0. The number of benzene rings is 1. The SMILES string of the molecule is CC(=O)N(C)c1cc(C(C)(C)C)c2nc(-c3nnc(NC4CC(O)(C(F)F)C4)o3)cc(C)c2c1. The number of carbonyl (C=O) groups is 1. The van der Waals surface area contributed by atoms with E-state index in [9.17, 15) is 18.7 Å². The van der Waals surface area contributed by atoms with Crippen LogP contribution in [-0.4, -0.2) is 51.3 Å². The first-order valence-corrected chi connectivity index (χ1v) is 11.1. The Kier molecular flexibility index (Phi) is 5.83. The molecule has 0 radical (unpaired) electrons. The van der Waals surface area contributed by atoms with E-state index in [2.05, 4.69) is 36.3 Å². The molecule has 2 heterocycles. The number of fused-ring (bicyclic) bond motifs is 1. The van der Waals surface area contributed by atoms with Crippen LogP contribution in [0.3, 0.4) is 0 Å². The fourth-order valence-corrected chi connectivity index (χ4v) is 4.17. The lowest BCUT2D eigenvalue weighted by molar-refractivity contribution is -0.148. The maximum absolute atomic E-state index is 12.8. The van der Waals surface area contributed by atoms with Crippen molar-refractivity contribution in [2.45, 2.75) is 70.9 Å². The average Bonchev–Trinajstić information content (AvgIpc) is 3.19. The normalized spacial score (nSPS) is 20.5. The maximum atomic E-state index is 12.8. The Hall–Kier alpha value is -3.14. The first-order valence-electron chi connectivity index (χ1n) is 11.1. The van der Waals surface area contributed by atoms with E-state index in [0.717, 1.165) is 27.7 Å². The van der Waals surface area contributed by atoms with Crippen molar-refractivity contribution >= 4 is 28.5 Å². The number of amides is 1. The second kappa shape index (κ2) is 8.26. The van der Waals surface area contributed by atoms with Crippen LogP contribution < -0.4 is 10.2 Å². The summed E-state index contributed by atoms with van der Waals surface area (Å²) in [5.74, 6) is 0.131. The minimum Gasteiger partial charge on any atom is -0.402 e. The standard InChI is InChI=1S/C24H29F2N5O3/c1-12-7-18(20-29-30-22(34-20)27-14-10-24(33,11-14)21(25)26)28-19-16(12)8-15(31(6)13(2)32)9-17(19)23(3,4)5/h7-9,14,21,33H,10-11H2,1-6H3,(H,27,30). The highest BCUT2D eigenvalue weighted by molar-refractivity contribution is 5.96. The van der Waals surface area contributed by atoms with E-state index in [-0.39, 0.29) is 42.1 Å². The van der Waals surface area contributed by atoms with Crippen molar-refractivity contribution in [1.82, 2.24) is 15.2 Å². The molecule has 1 aliphatic rings. The van der Waals surface area contributed by atoms with Gasteiger partial charge in [-0.25, -0.2) is 13.8 Å². The van der Waals surface area contributed by atoms with Crippen molar-refractivity contribution in [2.24, 2.45) is 0 Å². The van der Waals surface area contributed by atoms with Crippen LogP contribution in [0, 0.1) is 6.92 Å². The van der Waals surface area contributed by atoms with E-state index < -0.39 is 12.0 Å². The number of nitrogens with zero attached hydrogens (tertiary/aromatic N) is 4. The number of aromatic nitrogens is 3. The molecule has 4 rings (SSSR count). The van der Waals surface area contributed by atoms with Crippen molar-refractivity contribution in [1.29, 1.82) is 0 Å². The Morgan fingerprint density at radius 1 is 1.26 bits per heavy atom. The van der Waals surface area contributed by atoms with Gasteiger partial charge in [-0.15, -0.1) is 5.10 Å². The molecule has 34 heavy (non-hydrogen) atoms.